The van der Waals surface area contributed by atoms with Crippen LogP contribution in [-0.2, 0) is 0 Å². The van der Waals surface area contributed by atoms with Crippen molar-refractivity contribution >= 4 is 7.92 Å². The molecular formula is C13H29O2P. The molecule has 0 heterocycles. The van der Waals surface area contributed by atoms with E-state index in [2.05, 4.69) is 6.92 Å². The Bertz CT molecular complexity index is 119. The average molecular weight is 248 g/mol. The van der Waals surface area contributed by atoms with Crippen molar-refractivity contribution in [3.8, 4) is 0 Å². The molecule has 0 radical (unpaired) electrons. The molecule has 98 valence electrons. The molecule has 0 fully saturated rings. The van der Waals surface area contributed by atoms with E-state index < -0.39 is 0 Å². The minimum Gasteiger partial charge on any atom is -0.396 e. The highest BCUT2D eigenvalue weighted by atomic mass is 31.1. The summed E-state index contributed by atoms with van der Waals surface area (Å²) in [7, 11) is 0.243. The second-order valence-corrected chi connectivity index (χ2v) is 7.09. The summed E-state index contributed by atoms with van der Waals surface area (Å²) >= 11 is 0. The first kappa shape index (κ1) is 16.4. The summed E-state index contributed by atoms with van der Waals surface area (Å²) in [6.45, 7) is 2.97. The van der Waals surface area contributed by atoms with Crippen LogP contribution in [0.15, 0.2) is 0 Å². The molecule has 0 aliphatic heterocycles. The number of aliphatic hydroxyl groups excluding tert-OH is 2. The SMILES string of the molecule is CCCP(CCCCCO)CCCCCO. The smallest absolute Gasteiger partial charge is 0.0431 e. The summed E-state index contributed by atoms with van der Waals surface area (Å²) in [5.74, 6) is 0. The highest BCUT2D eigenvalue weighted by Gasteiger charge is 2.06. The van der Waals surface area contributed by atoms with Crippen molar-refractivity contribution in [2.75, 3.05) is 31.7 Å². The first-order chi connectivity index (χ1) is 7.85. The Balaban J connectivity index is 3.45. The largest absolute Gasteiger partial charge is 0.396 e. The number of hydrogen-bond acceptors (Lipinski definition) is 2. The van der Waals surface area contributed by atoms with E-state index in [1.54, 1.807) is 0 Å². The van der Waals surface area contributed by atoms with Gasteiger partial charge in [-0.25, -0.2) is 0 Å². The lowest BCUT2D eigenvalue weighted by Gasteiger charge is -2.16. The van der Waals surface area contributed by atoms with Gasteiger partial charge >= 0.3 is 0 Å². The van der Waals surface area contributed by atoms with Crippen LogP contribution in [-0.4, -0.2) is 41.9 Å². The molecule has 0 unspecified atom stereocenters. The van der Waals surface area contributed by atoms with Gasteiger partial charge in [0.1, 0.15) is 0 Å². The summed E-state index contributed by atoms with van der Waals surface area (Å²) < 4.78 is 0. The lowest BCUT2D eigenvalue weighted by atomic mass is 10.3. The Morgan fingerprint density at radius 1 is 0.688 bits per heavy atom. The second kappa shape index (κ2) is 13.4. The zero-order valence-electron chi connectivity index (χ0n) is 10.8. The van der Waals surface area contributed by atoms with Crippen molar-refractivity contribution in [3.05, 3.63) is 0 Å². The van der Waals surface area contributed by atoms with Crippen LogP contribution in [0.5, 0.6) is 0 Å². The summed E-state index contributed by atoms with van der Waals surface area (Å²) in [5, 5.41) is 17.4. The maximum Gasteiger partial charge on any atom is 0.0431 e. The summed E-state index contributed by atoms with van der Waals surface area (Å²) in [6.07, 6.45) is 12.4. The van der Waals surface area contributed by atoms with Gasteiger partial charge in [0, 0.05) is 13.2 Å². The molecule has 0 aliphatic rings. The molecule has 2 nitrogen and oxygen atoms in total. The predicted molar refractivity (Wildman–Crippen MR) is 73.7 cm³/mol. The molecule has 2 N–H and O–H groups in total. The molecule has 0 aromatic rings. The van der Waals surface area contributed by atoms with E-state index in [9.17, 15) is 0 Å². The second-order valence-electron chi connectivity index (χ2n) is 4.41. The van der Waals surface area contributed by atoms with Gasteiger partial charge in [-0.15, -0.1) is 7.92 Å². The van der Waals surface area contributed by atoms with Crippen LogP contribution < -0.4 is 0 Å². The van der Waals surface area contributed by atoms with Gasteiger partial charge in [-0.2, -0.15) is 0 Å². The molecule has 0 spiro atoms. The fourth-order valence-electron chi connectivity index (χ4n) is 1.90. The lowest BCUT2D eigenvalue weighted by Crippen LogP contribution is -1.97. The first-order valence-electron chi connectivity index (χ1n) is 6.79. The van der Waals surface area contributed by atoms with Crippen LogP contribution >= 0.6 is 7.92 Å². The average Bonchev–Trinajstić information content (AvgIpc) is 2.30. The Hall–Kier alpha value is 0.350. The molecule has 16 heavy (non-hydrogen) atoms. The van der Waals surface area contributed by atoms with E-state index >= 15 is 0 Å². The van der Waals surface area contributed by atoms with Crippen molar-refractivity contribution in [3.63, 3.8) is 0 Å². The third-order valence-electron chi connectivity index (χ3n) is 2.80. The van der Waals surface area contributed by atoms with E-state index in [0.717, 1.165) is 12.8 Å². The fraction of sp³-hybridized carbons (Fsp3) is 1.00. The molecule has 0 aliphatic carbocycles. The summed E-state index contributed by atoms with van der Waals surface area (Å²) in [4.78, 5) is 0. The molecule has 3 heteroatoms. The highest BCUT2D eigenvalue weighted by Crippen LogP contribution is 2.38. The molecule has 0 aromatic carbocycles. The molecular weight excluding hydrogens is 219 g/mol. The Labute approximate surface area is 102 Å². The standard InChI is InChI=1S/C13H29O2P/c1-2-11-16(12-7-3-5-9-14)13-8-4-6-10-15/h14-15H,2-13H2,1H3. The molecule has 0 saturated carbocycles. The van der Waals surface area contributed by atoms with Gasteiger partial charge in [-0.3, -0.25) is 0 Å². The van der Waals surface area contributed by atoms with Gasteiger partial charge in [0.15, 0.2) is 0 Å². The van der Waals surface area contributed by atoms with Crippen molar-refractivity contribution in [1.29, 1.82) is 0 Å². The van der Waals surface area contributed by atoms with Crippen LogP contribution in [0.4, 0.5) is 0 Å². The van der Waals surface area contributed by atoms with Gasteiger partial charge in [0.2, 0.25) is 0 Å². The van der Waals surface area contributed by atoms with Crippen molar-refractivity contribution in [2.45, 2.75) is 51.9 Å². The van der Waals surface area contributed by atoms with E-state index in [-0.39, 0.29) is 7.92 Å². The monoisotopic (exact) mass is 248 g/mol. The third kappa shape index (κ3) is 10.9. The zero-order chi connectivity index (χ0) is 12.1. The minimum atomic E-state index is 0.243. The summed E-state index contributed by atoms with van der Waals surface area (Å²) in [5.41, 5.74) is 0. The van der Waals surface area contributed by atoms with Gasteiger partial charge in [-0.1, -0.05) is 26.2 Å². The van der Waals surface area contributed by atoms with E-state index in [4.69, 9.17) is 10.2 Å². The summed E-state index contributed by atoms with van der Waals surface area (Å²) in [6, 6.07) is 0. The predicted octanol–water partition coefficient (Wildman–Crippen LogP) is 3.20. The topological polar surface area (TPSA) is 40.5 Å². The number of aliphatic hydroxyl groups is 2. The van der Waals surface area contributed by atoms with Crippen LogP contribution in [0.25, 0.3) is 0 Å². The molecule has 0 bridgehead atoms. The molecule has 0 aromatic heterocycles. The zero-order valence-corrected chi connectivity index (χ0v) is 11.7. The lowest BCUT2D eigenvalue weighted by molar-refractivity contribution is 0.284. The maximum absolute atomic E-state index is 8.72. The first-order valence-corrected chi connectivity index (χ1v) is 8.69. The van der Waals surface area contributed by atoms with Crippen LogP contribution in [0.2, 0.25) is 0 Å². The van der Waals surface area contributed by atoms with Crippen LogP contribution in [0.1, 0.15) is 51.9 Å². The van der Waals surface area contributed by atoms with Crippen molar-refractivity contribution in [1.82, 2.24) is 0 Å². The highest BCUT2D eigenvalue weighted by molar-refractivity contribution is 7.57. The van der Waals surface area contributed by atoms with Gasteiger partial charge in [0.05, 0.1) is 0 Å². The van der Waals surface area contributed by atoms with Gasteiger partial charge in [0.25, 0.3) is 0 Å². The fourth-order valence-corrected chi connectivity index (χ4v) is 4.54. The number of unbranched alkanes of at least 4 members (excludes halogenated alkanes) is 4. The Morgan fingerprint density at radius 2 is 1.19 bits per heavy atom. The minimum absolute atomic E-state index is 0.243. The molecule has 0 atom stereocenters. The maximum atomic E-state index is 8.72. The van der Waals surface area contributed by atoms with Crippen molar-refractivity contribution < 1.29 is 10.2 Å². The van der Waals surface area contributed by atoms with Gasteiger partial charge in [-0.05, 0) is 44.2 Å². The molecule has 0 amide bonds. The Morgan fingerprint density at radius 3 is 1.56 bits per heavy atom. The van der Waals surface area contributed by atoms with E-state index in [0.29, 0.717) is 13.2 Å². The quantitative estimate of drug-likeness (QED) is 0.411. The molecule has 0 saturated heterocycles. The van der Waals surface area contributed by atoms with E-state index in [1.807, 2.05) is 0 Å². The van der Waals surface area contributed by atoms with Crippen LogP contribution in [0, 0.1) is 0 Å². The van der Waals surface area contributed by atoms with Crippen LogP contribution in [0.3, 0.4) is 0 Å². The Kier molecular flexibility index (Phi) is 13.7. The van der Waals surface area contributed by atoms with E-state index in [1.165, 1.54) is 50.6 Å². The number of hydrogen-bond donors (Lipinski definition) is 2. The normalized spacial score (nSPS) is 11.2. The van der Waals surface area contributed by atoms with Gasteiger partial charge < -0.3 is 10.2 Å². The number of rotatable bonds is 12. The van der Waals surface area contributed by atoms with Crippen molar-refractivity contribution in [2.24, 2.45) is 0 Å². The third-order valence-corrected chi connectivity index (χ3v) is 5.78. The molecule has 0 rings (SSSR count).